The molecule has 23 heavy (non-hydrogen) atoms. The molecule has 1 aliphatic rings. The predicted molar refractivity (Wildman–Crippen MR) is 87.4 cm³/mol. The van der Waals surface area contributed by atoms with Gasteiger partial charge in [-0.15, -0.1) is 0 Å². The Kier molecular flexibility index (Phi) is 4.83. The summed E-state index contributed by atoms with van der Waals surface area (Å²) in [7, 11) is 0. The van der Waals surface area contributed by atoms with Gasteiger partial charge in [-0.25, -0.2) is 4.68 Å². The topological polar surface area (TPSA) is 67.2 Å². The van der Waals surface area contributed by atoms with Crippen LogP contribution in [-0.4, -0.2) is 46.8 Å². The van der Waals surface area contributed by atoms with Crippen LogP contribution in [-0.2, 0) is 6.54 Å². The number of rotatable bonds is 3. The van der Waals surface area contributed by atoms with Crippen molar-refractivity contribution in [1.82, 2.24) is 20.0 Å². The lowest BCUT2D eigenvalue weighted by molar-refractivity contribution is 0.0757. The minimum atomic E-state index is -0.206. The average Bonchev–Trinajstić information content (AvgIpc) is 2.86. The normalized spacial score (nSPS) is 15.2. The standard InChI is InChI=1S/C17H20N4O2/c22-16-8-7-15(17(23)20-11-4-9-18-10-12-20)19-21(16)13-14-5-2-1-3-6-14/h1-3,5-8,18H,4,9-13H2. The van der Waals surface area contributed by atoms with Crippen molar-refractivity contribution in [1.29, 1.82) is 0 Å². The van der Waals surface area contributed by atoms with Gasteiger partial charge in [-0.2, -0.15) is 5.10 Å². The van der Waals surface area contributed by atoms with Crippen LogP contribution in [0.4, 0.5) is 0 Å². The van der Waals surface area contributed by atoms with Crippen LogP contribution in [0.15, 0.2) is 47.3 Å². The molecule has 0 saturated carbocycles. The zero-order valence-electron chi connectivity index (χ0n) is 12.9. The van der Waals surface area contributed by atoms with Crippen LogP contribution in [0.5, 0.6) is 0 Å². The second-order valence-corrected chi connectivity index (χ2v) is 5.60. The summed E-state index contributed by atoms with van der Waals surface area (Å²) in [6, 6.07) is 12.6. The lowest BCUT2D eigenvalue weighted by Crippen LogP contribution is -2.36. The molecule has 6 heteroatoms. The number of hydrogen-bond donors (Lipinski definition) is 1. The van der Waals surface area contributed by atoms with Crippen molar-refractivity contribution in [3.63, 3.8) is 0 Å². The molecular formula is C17H20N4O2. The molecule has 1 amide bonds. The first-order chi connectivity index (χ1) is 11.2. The van der Waals surface area contributed by atoms with E-state index in [9.17, 15) is 9.59 Å². The molecule has 0 spiro atoms. The molecule has 1 aromatic heterocycles. The number of nitrogens with zero attached hydrogens (tertiary/aromatic N) is 3. The lowest BCUT2D eigenvalue weighted by atomic mass is 10.2. The fourth-order valence-electron chi connectivity index (χ4n) is 2.64. The Morgan fingerprint density at radius 3 is 2.74 bits per heavy atom. The van der Waals surface area contributed by atoms with E-state index < -0.39 is 0 Å². The molecule has 1 aromatic carbocycles. The van der Waals surface area contributed by atoms with E-state index in [4.69, 9.17) is 0 Å². The molecular weight excluding hydrogens is 292 g/mol. The monoisotopic (exact) mass is 312 g/mol. The first kappa shape index (κ1) is 15.4. The van der Waals surface area contributed by atoms with Crippen molar-refractivity contribution < 1.29 is 4.79 Å². The fraction of sp³-hybridized carbons (Fsp3) is 0.353. The van der Waals surface area contributed by atoms with Gasteiger partial charge in [0, 0.05) is 25.7 Å². The number of nitrogens with one attached hydrogen (secondary N) is 1. The lowest BCUT2D eigenvalue weighted by Gasteiger charge is -2.19. The highest BCUT2D eigenvalue weighted by molar-refractivity contribution is 5.92. The van der Waals surface area contributed by atoms with Gasteiger partial charge in [-0.3, -0.25) is 9.59 Å². The van der Waals surface area contributed by atoms with Gasteiger partial charge in [-0.05, 0) is 24.6 Å². The Labute approximate surface area is 134 Å². The van der Waals surface area contributed by atoms with Gasteiger partial charge in [0.25, 0.3) is 11.5 Å². The van der Waals surface area contributed by atoms with Crippen molar-refractivity contribution in [3.05, 3.63) is 64.1 Å². The SMILES string of the molecule is O=C(c1ccc(=O)n(Cc2ccccc2)n1)N1CCCNCC1. The molecule has 3 rings (SSSR count). The molecule has 1 fully saturated rings. The Bertz CT molecular complexity index is 719. The fourth-order valence-corrected chi connectivity index (χ4v) is 2.64. The number of aromatic nitrogens is 2. The highest BCUT2D eigenvalue weighted by Gasteiger charge is 2.19. The summed E-state index contributed by atoms with van der Waals surface area (Å²) in [5.74, 6) is -0.115. The maximum atomic E-state index is 12.6. The van der Waals surface area contributed by atoms with Crippen molar-refractivity contribution in [2.24, 2.45) is 0 Å². The van der Waals surface area contributed by atoms with Crippen LogP contribution in [0.2, 0.25) is 0 Å². The number of benzene rings is 1. The van der Waals surface area contributed by atoms with Crippen LogP contribution in [0.1, 0.15) is 22.5 Å². The maximum Gasteiger partial charge on any atom is 0.274 e. The summed E-state index contributed by atoms with van der Waals surface area (Å²) in [6.07, 6.45) is 0.926. The van der Waals surface area contributed by atoms with Crippen LogP contribution in [0.25, 0.3) is 0 Å². The van der Waals surface area contributed by atoms with Crippen LogP contribution in [0.3, 0.4) is 0 Å². The van der Waals surface area contributed by atoms with Gasteiger partial charge >= 0.3 is 0 Å². The van der Waals surface area contributed by atoms with Crippen LogP contribution in [0, 0.1) is 0 Å². The highest BCUT2D eigenvalue weighted by atomic mass is 16.2. The third kappa shape index (κ3) is 3.84. The first-order valence-electron chi connectivity index (χ1n) is 7.86. The van der Waals surface area contributed by atoms with Crippen molar-refractivity contribution in [2.45, 2.75) is 13.0 Å². The molecule has 0 radical (unpaired) electrons. The van der Waals surface area contributed by atoms with E-state index >= 15 is 0 Å². The molecule has 2 aromatic rings. The van der Waals surface area contributed by atoms with Crippen LogP contribution >= 0.6 is 0 Å². The Hall–Kier alpha value is -2.47. The number of hydrogen-bond acceptors (Lipinski definition) is 4. The van der Waals surface area contributed by atoms with E-state index in [0.717, 1.165) is 25.1 Å². The number of carbonyl (C=O) groups excluding carboxylic acids is 1. The summed E-state index contributed by atoms with van der Waals surface area (Å²) in [5, 5.41) is 7.53. The Morgan fingerprint density at radius 2 is 1.91 bits per heavy atom. The molecule has 0 atom stereocenters. The summed E-state index contributed by atoms with van der Waals surface area (Å²) in [4.78, 5) is 26.4. The summed E-state index contributed by atoms with van der Waals surface area (Å²) >= 11 is 0. The van der Waals surface area contributed by atoms with Gasteiger partial charge in [0.05, 0.1) is 6.54 Å². The average molecular weight is 312 g/mol. The van der Waals surface area contributed by atoms with Gasteiger partial charge in [0.1, 0.15) is 5.69 Å². The third-order valence-corrected chi connectivity index (χ3v) is 3.89. The van der Waals surface area contributed by atoms with Crippen LogP contribution < -0.4 is 10.9 Å². The molecule has 120 valence electrons. The third-order valence-electron chi connectivity index (χ3n) is 3.89. The largest absolute Gasteiger partial charge is 0.336 e. The molecule has 1 N–H and O–H groups in total. The van der Waals surface area contributed by atoms with E-state index in [-0.39, 0.29) is 11.5 Å². The first-order valence-corrected chi connectivity index (χ1v) is 7.86. The molecule has 2 heterocycles. The van der Waals surface area contributed by atoms with Gasteiger partial charge in [-0.1, -0.05) is 30.3 Å². The van der Waals surface area contributed by atoms with E-state index in [2.05, 4.69) is 10.4 Å². The van der Waals surface area contributed by atoms with E-state index in [0.29, 0.717) is 25.3 Å². The van der Waals surface area contributed by atoms with Gasteiger partial charge in [0.15, 0.2) is 0 Å². The quantitative estimate of drug-likeness (QED) is 0.907. The molecule has 0 aliphatic carbocycles. The zero-order chi connectivity index (χ0) is 16.1. The second kappa shape index (κ2) is 7.19. The minimum Gasteiger partial charge on any atom is -0.336 e. The zero-order valence-corrected chi connectivity index (χ0v) is 12.9. The Morgan fingerprint density at radius 1 is 1.09 bits per heavy atom. The van der Waals surface area contributed by atoms with Crippen molar-refractivity contribution >= 4 is 5.91 Å². The smallest absolute Gasteiger partial charge is 0.274 e. The number of amides is 1. The molecule has 1 aliphatic heterocycles. The number of carbonyl (C=O) groups is 1. The van der Waals surface area contributed by atoms with Crippen molar-refractivity contribution in [3.8, 4) is 0 Å². The van der Waals surface area contributed by atoms with Crippen molar-refractivity contribution in [2.75, 3.05) is 26.2 Å². The maximum absolute atomic E-state index is 12.6. The molecule has 1 saturated heterocycles. The highest BCUT2D eigenvalue weighted by Crippen LogP contribution is 2.04. The Balaban J connectivity index is 1.82. The van der Waals surface area contributed by atoms with E-state index in [1.807, 2.05) is 30.3 Å². The molecule has 0 unspecified atom stereocenters. The summed E-state index contributed by atoms with van der Waals surface area (Å²) in [5.41, 5.74) is 1.09. The predicted octanol–water partition coefficient (Wildman–Crippen LogP) is 0.727. The second-order valence-electron chi connectivity index (χ2n) is 5.60. The molecule has 6 nitrogen and oxygen atoms in total. The molecule has 0 bridgehead atoms. The van der Waals surface area contributed by atoms with Gasteiger partial charge in [0.2, 0.25) is 0 Å². The van der Waals surface area contributed by atoms with Gasteiger partial charge < -0.3 is 10.2 Å². The van der Waals surface area contributed by atoms with E-state index in [1.165, 1.54) is 16.8 Å². The summed E-state index contributed by atoms with van der Waals surface area (Å²) in [6.45, 7) is 3.45. The summed E-state index contributed by atoms with van der Waals surface area (Å²) < 4.78 is 1.35. The van der Waals surface area contributed by atoms with E-state index in [1.54, 1.807) is 4.90 Å². The minimum absolute atomic E-state index is 0.115.